The molecule has 0 bridgehead atoms. The first kappa shape index (κ1) is 14.8. The molecule has 1 fully saturated rings. The van der Waals surface area contributed by atoms with Crippen molar-refractivity contribution in [3.63, 3.8) is 0 Å². The maximum Gasteiger partial charge on any atom is 0.449 e. The number of rotatable bonds is 2. The van der Waals surface area contributed by atoms with Gasteiger partial charge in [-0.2, -0.15) is 13.2 Å². The molecule has 3 heterocycles. The monoisotopic (exact) mass is 302 g/mol. The molecule has 118 valence electrons. The lowest BCUT2D eigenvalue weighted by atomic mass is 9.98. The van der Waals surface area contributed by atoms with Crippen LogP contribution in [-0.4, -0.2) is 41.1 Å². The van der Waals surface area contributed by atoms with E-state index in [1.807, 2.05) is 7.05 Å². The SMILES string of the molecule is CN1CCCC(Cn2c(C(F)(F)F)nc3c2CCNC3)C1. The third-order valence-corrected chi connectivity index (χ3v) is 4.40. The Morgan fingerprint density at radius 1 is 1.38 bits per heavy atom. The van der Waals surface area contributed by atoms with Crippen molar-refractivity contribution in [3.05, 3.63) is 17.2 Å². The van der Waals surface area contributed by atoms with Gasteiger partial charge in [0.05, 0.1) is 5.69 Å². The second-order valence-electron chi connectivity index (χ2n) is 6.13. The zero-order valence-electron chi connectivity index (χ0n) is 12.2. The van der Waals surface area contributed by atoms with Crippen molar-refractivity contribution < 1.29 is 13.2 Å². The van der Waals surface area contributed by atoms with Gasteiger partial charge in [0.15, 0.2) is 0 Å². The third-order valence-electron chi connectivity index (χ3n) is 4.40. The Balaban J connectivity index is 1.90. The van der Waals surface area contributed by atoms with E-state index in [1.54, 1.807) is 0 Å². The van der Waals surface area contributed by atoms with Crippen LogP contribution in [-0.2, 0) is 25.7 Å². The second kappa shape index (κ2) is 5.61. The highest BCUT2D eigenvalue weighted by Gasteiger charge is 2.39. The summed E-state index contributed by atoms with van der Waals surface area (Å²) in [5.41, 5.74) is 1.34. The lowest BCUT2D eigenvalue weighted by Crippen LogP contribution is -2.35. The number of hydrogen-bond donors (Lipinski definition) is 1. The summed E-state index contributed by atoms with van der Waals surface area (Å²) in [4.78, 5) is 6.07. The number of nitrogens with zero attached hydrogens (tertiary/aromatic N) is 3. The number of fused-ring (bicyclic) bond motifs is 1. The molecule has 1 atom stereocenters. The van der Waals surface area contributed by atoms with Crippen LogP contribution in [0.3, 0.4) is 0 Å². The van der Waals surface area contributed by atoms with Gasteiger partial charge in [-0.05, 0) is 32.4 Å². The van der Waals surface area contributed by atoms with E-state index in [1.165, 1.54) is 4.57 Å². The summed E-state index contributed by atoms with van der Waals surface area (Å²) in [6.45, 7) is 3.50. The molecule has 0 spiro atoms. The number of halogens is 3. The molecule has 2 aliphatic heterocycles. The van der Waals surface area contributed by atoms with E-state index in [4.69, 9.17) is 0 Å². The maximum absolute atomic E-state index is 13.3. The maximum atomic E-state index is 13.3. The van der Waals surface area contributed by atoms with Crippen LogP contribution < -0.4 is 5.32 Å². The lowest BCUT2D eigenvalue weighted by molar-refractivity contribution is -0.147. The van der Waals surface area contributed by atoms with E-state index in [-0.39, 0.29) is 5.92 Å². The van der Waals surface area contributed by atoms with Crippen molar-refractivity contribution in [3.8, 4) is 0 Å². The van der Waals surface area contributed by atoms with E-state index >= 15 is 0 Å². The molecule has 7 heteroatoms. The van der Waals surface area contributed by atoms with Crippen molar-refractivity contribution in [2.75, 3.05) is 26.7 Å². The molecular weight excluding hydrogens is 281 g/mol. The largest absolute Gasteiger partial charge is 0.449 e. The molecule has 1 aromatic rings. The molecule has 0 saturated carbocycles. The minimum absolute atomic E-state index is 0.276. The molecule has 0 aliphatic carbocycles. The lowest BCUT2D eigenvalue weighted by Gasteiger charge is -2.31. The van der Waals surface area contributed by atoms with E-state index < -0.39 is 12.0 Å². The number of hydrogen-bond acceptors (Lipinski definition) is 3. The molecule has 21 heavy (non-hydrogen) atoms. The van der Waals surface area contributed by atoms with Crippen LogP contribution in [0.4, 0.5) is 13.2 Å². The Bertz CT molecular complexity index is 509. The minimum Gasteiger partial charge on any atom is -0.324 e. The topological polar surface area (TPSA) is 33.1 Å². The fraction of sp³-hybridized carbons (Fsp3) is 0.786. The number of piperidine rings is 1. The average molecular weight is 302 g/mol. The number of imidazole rings is 1. The van der Waals surface area contributed by atoms with Gasteiger partial charge in [0.1, 0.15) is 0 Å². The molecule has 4 nitrogen and oxygen atoms in total. The van der Waals surface area contributed by atoms with Crippen LogP contribution >= 0.6 is 0 Å². The van der Waals surface area contributed by atoms with Gasteiger partial charge in [0, 0.05) is 38.3 Å². The Labute approximate surface area is 122 Å². The number of likely N-dealkylation sites (tertiary alicyclic amines) is 1. The first-order valence-electron chi connectivity index (χ1n) is 7.50. The van der Waals surface area contributed by atoms with E-state index in [0.29, 0.717) is 25.2 Å². The van der Waals surface area contributed by atoms with E-state index in [9.17, 15) is 13.2 Å². The Kier molecular flexibility index (Phi) is 3.96. The molecule has 1 N–H and O–H groups in total. The van der Waals surface area contributed by atoms with Crippen molar-refractivity contribution in [1.82, 2.24) is 19.8 Å². The molecule has 1 saturated heterocycles. The molecule has 0 aromatic carbocycles. The van der Waals surface area contributed by atoms with E-state index in [2.05, 4.69) is 15.2 Å². The van der Waals surface area contributed by atoms with Crippen molar-refractivity contribution in [2.45, 2.75) is 38.5 Å². The van der Waals surface area contributed by atoms with Crippen molar-refractivity contribution in [2.24, 2.45) is 5.92 Å². The summed E-state index contributed by atoms with van der Waals surface area (Å²) in [7, 11) is 2.03. The smallest absolute Gasteiger partial charge is 0.324 e. The summed E-state index contributed by atoms with van der Waals surface area (Å²) in [5, 5.41) is 3.09. The fourth-order valence-corrected chi connectivity index (χ4v) is 3.46. The molecule has 1 unspecified atom stereocenters. The average Bonchev–Trinajstić information content (AvgIpc) is 2.78. The first-order valence-corrected chi connectivity index (χ1v) is 7.50. The van der Waals surface area contributed by atoms with Crippen LogP contribution in [0.5, 0.6) is 0 Å². The van der Waals surface area contributed by atoms with Gasteiger partial charge in [-0.15, -0.1) is 0 Å². The van der Waals surface area contributed by atoms with Crippen LogP contribution in [0, 0.1) is 5.92 Å². The summed E-state index contributed by atoms with van der Waals surface area (Å²) in [6, 6.07) is 0. The summed E-state index contributed by atoms with van der Waals surface area (Å²) in [5.74, 6) is -0.442. The number of aromatic nitrogens is 2. The summed E-state index contributed by atoms with van der Waals surface area (Å²) in [6.07, 6.45) is -1.70. The molecule has 1 aromatic heterocycles. The molecular formula is C14H21F3N4. The van der Waals surface area contributed by atoms with E-state index in [0.717, 1.165) is 38.2 Å². The van der Waals surface area contributed by atoms with Crippen LogP contribution in [0.1, 0.15) is 30.1 Å². The van der Waals surface area contributed by atoms with Gasteiger partial charge in [0.25, 0.3) is 0 Å². The Hall–Kier alpha value is -1.08. The van der Waals surface area contributed by atoms with Crippen LogP contribution in [0.25, 0.3) is 0 Å². The number of alkyl halides is 3. The van der Waals surface area contributed by atoms with Crippen LogP contribution in [0.15, 0.2) is 0 Å². The zero-order valence-corrected chi connectivity index (χ0v) is 12.2. The first-order chi connectivity index (χ1) is 9.95. The second-order valence-corrected chi connectivity index (χ2v) is 6.13. The van der Waals surface area contributed by atoms with Gasteiger partial charge >= 0.3 is 6.18 Å². The predicted molar refractivity (Wildman–Crippen MR) is 72.9 cm³/mol. The predicted octanol–water partition coefficient (Wildman–Crippen LogP) is 1.89. The van der Waals surface area contributed by atoms with Gasteiger partial charge in [-0.1, -0.05) is 0 Å². The fourth-order valence-electron chi connectivity index (χ4n) is 3.46. The van der Waals surface area contributed by atoms with Gasteiger partial charge < -0.3 is 14.8 Å². The molecule has 0 amide bonds. The van der Waals surface area contributed by atoms with Crippen molar-refractivity contribution in [1.29, 1.82) is 0 Å². The third kappa shape index (κ3) is 3.08. The Morgan fingerprint density at radius 2 is 2.19 bits per heavy atom. The summed E-state index contributed by atoms with van der Waals surface area (Å²) < 4.78 is 41.2. The quantitative estimate of drug-likeness (QED) is 0.905. The standard InChI is InChI=1S/C14H21F3N4/c1-20-6-2-3-10(8-20)9-21-12-4-5-18-7-11(12)19-13(21)14(15,16)17/h10,18H,2-9H2,1H3. The highest BCUT2D eigenvalue weighted by molar-refractivity contribution is 5.21. The molecule has 3 rings (SSSR count). The van der Waals surface area contributed by atoms with Gasteiger partial charge in [0.2, 0.25) is 5.82 Å². The normalized spacial score (nSPS) is 24.1. The highest BCUT2D eigenvalue weighted by Crippen LogP contribution is 2.32. The Morgan fingerprint density at radius 3 is 2.90 bits per heavy atom. The molecule has 2 aliphatic rings. The van der Waals surface area contributed by atoms with Crippen molar-refractivity contribution >= 4 is 0 Å². The zero-order chi connectivity index (χ0) is 15.0. The number of nitrogens with one attached hydrogen (secondary N) is 1. The summed E-state index contributed by atoms with van der Waals surface area (Å²) >= 11 is 0. The highest BCUT2D eigenvalue weighted by atomic mass is 19.4. The molecule has 0 radical (unpaired) electrons. The van der Waals surface area contributed by atoms with Gasteiger partial charge in [-0.25, -0.2) is 4.98 Å². The van der Waals surface area contributed by atoms with Crippen LogP contribution in [0.2, 0.25) is 0 Å². The van der Waals surface area contributed by atoms with Gasteiger partial charge in [-0.3, -0.25) is 0 Å². The minimum atomic E-state index is -4.38.